The van der Waals surface area contributed by atoms with E-state index < -0.39 is 10.0 Å². The van der Waals surface area contributed by atoms with Crippen LogP contribution in [-0.4, -0.2) is 37.5 Å². The van der Waals surface area contributed by atoms with E-state index >= 15 is 0 Å². The molecule has 5 nitrogen and oxygen atoms in total. The molecule has 0 atom stereocenters. The topological polar surface area (TPSA) is 63.7 Å². The molecule has 1 saturated heterocycles. The number of benzene rings is 1. The van der Waals surface area contributed by atoms with Gasteiger partial charge in [-0.05, 0) is 18.6 Å². The second-order valence-electron chi connectivity index (χ2n) is 4.15. The smallest absolute Gasteiger partial charge is 0.237 e. The molecule has 1 aromatic rings. The van der Waals surface area contributed by atoms with Gasteiger partial charge >= 0.3 is 0 Å². The zero-order valence-corrected chi connectivity index (χ0v) is 10.9. The SMILES string of the molecule is Cc1ccccc1OCCN1C(=O)CCS1(=O)=O. The lowest BCUT2D eigenvalue weighted by atomic mass is 10.2. The second-order valence-corrected chi connectivity index (χ2v) is 6.16. The first-order chi connectivity index (χ1) is 8.50. The van der Waals surface area contributed by atoms with Crippen LogP contribution >= 0.6 is 0 Å². The molecule has 1 heterocycles. The molecule has 0 aromatic heterocycles. The number of amides is 1. The van der Waals surface area contributed by atoms with Crippen molar-refractivity contribution in [3.63, 3.8) is 0 Å². The first-order valence-corrected chi connectivity index (χ1v) is 7.33. The van der Waals surface area contributed by atoms with Crippen LogP contribution < -0.4 is 4.74 Å². The van der Waals surface area contributed by atoms with Gasteiger partial charge in [-0.25, -0.2) is 12.7 Å². The molecule has 6 heteroatoms. The fraction of sp³-hybridized carbons (Fsp3) is 0.417. The second kappa shape index (κ2) is 4.97. The van der Waals surface area contributed by atoms with Crippen LogP contribution in [-0.2, 0) is 14.8 Å². The van der Waals surface area contributed by atoms with E-state index in [1.54, 1.807) is 0 Å². The van der Waals surface area contributed by atoms with Crippen LogP contribution in [0.1, 0.15) is 12.0 Å². The Hall–Kier alpha value is -1.56. The third-order valence-electron chi connectivity index (χ3n) is 2.83. The summed E-state index contributed by atoms with van der Waals surface area (Å²) in [6.45, 7) is 2.17. The van der Waals surface area contributed by atoms with E-state index in [0.717, 1.165) is 9.87 Å². The van der Waals surface area contributed by atoms with Gasteiger partial charge in [0.15, 0.2) is 0 Å². The third-order valence-corrected chi connectivity index (χ3v) is 4.61. The molecular formula is C12H15NO4S. The van der Waals surface area contributed by atoms with E-state index in [1.807, 2.05) is 31.2 Å². The van der Waals surface area contributed by atoms with Crippen molar-refractivity contribution in [1.82, 2.24) is 4.31 Å². The highest BCUT2D eigenvalue weighted by molar-refractivity contribution is 7.90. The number of carbonyl (C=O) groups excluding carboxylic acids is 1. The van der Waals surface area contributed by atoms with Gasteiger partial charge in [-0.3, -0.25) is 4.79 Å². The molecule has 0 radical (unpaired) electrons. The summed E-state index contributed by atoms with van der Waals surface area (Å²) in [7, 11) is -3.40. The van der Waals surface area contributed by atoms with Crippen molar-refractivity contribution >= 4 is 15.9 Å². The summed E-state index contributed by atoms with van der Waals surface area (Å²) in [5, 5.41) is 0. The minimum atomic E-state index is -3.40. The van der Waals surface area contributed by atoms with Crippen molar-refractivity contribution in [2.45, 2.75) is 13.3 Å². The maximum atomic E-state index is 11.5. The van der Waals surface area contributed by atoms with Gasteiger partial charge in [-0.15, -0.1) is 0 Å². The fourth-order valence-electron chi connectivity index (χ4n) is 1.83. The molecule has 1 aromatic carbocycles. The Labute approximate surface area is 106 Å². The van der Waals surface area contributed by atoms with Gasteiger partial charge in [0, 0.05) is 6.42 Å². The highest BCUT2D eigenvalue weighted by Gasteiger charge is 2.34. The van der Waals surface area contributed by atoms with E-state index in [0.29, 0.717) is 5.75 Å². The summed E-state index contributed by atoms with van der Waals surface area (Å²) in [5.41, 5.74) is 0.980. The molecule has 1 amide bonds. The quantitative estimate of drug-likeness (QED) is 0.816. The van der Waals surface area contributed by atoms with E-state index in [1.165, 1.54) is 0 Å². The number of rotatable bonds is 4. The van der Waals surface area contributed by atoms with E-state index in [9.17, 15) is 13.2 Å². The largest absolute Gasteiger partial charge is 0.491 e. The summed E-state index contributed by atoms with van der Waals surface area (Å²) < 4.78 is 29.5. The molecule has 0 saturated carbocycles. The van der Waals surface area contributed by atoms with Crippen molar-refractivity contribution in [3.05, 3.63) is 29.8 Å². The number of ether oxygens (including phenoxy) is 1. The number of nitrogens with zero attached hydrogens (tertiary/aromatic N) is 1. The van der Waals surface area contributed by atoms with Crippen molar-refractivity contribution in [3.8, 4) is 5.75 Å². The fourth-order valence-corrected chi connectivity index (χ4v) is 3.23. The molecule has 0 bridgehead atoms. The first kappa shape index (κ1) is 12.9. The number of carbonyl (C=O) groups is 1. The van der Waals surface area contributed by atoms with Gasteiger partial charge in [0.25, 0.3) is 0 Å². The van der Waals surface area contributed by atoms with E-state index in [2.05, 4.69) is 0 Å². The third kappa shape index (κ3) is 2.64. The van der Waals surface area contributed by atoms with E-state index in [-0.39, 0.29) is 31.2 Å². The molecule has 1 aliphatic heterocycles. The minimum absolute atomic E-state index is 0.0761. The van der Waals surface area contributed by atoms with Gasteiger partial charge in [-0.1, -0.05) is 18.2 Å². The monoisotopic (exact) mass is 269 g/mol. The summed E-state index contributed by atoms with van der Waals surface area (Å²) in [5.74, 6) is 0.279. The van der Waals surface area contributed by atoms with Gasteiger partial charge in [0.2, 0.25) is 15.9 Å². The maximum absolute atomic E-state index is 11.5. The predicted molar refractivity (Wildman–Crippen MR) is 66.8 cm³/mol. The zero-order valence-electron chi connectivity index (χ0n) is 10.1. The number of aryl methyl sites for hydroxylation is 1. The molecule has 1 fully saturated rings. The summed E-state index contributed by atoms with van der Waals surface area (Å²) in [4.78, 5) is 11.4. The first-order valence-electron chi connectivity index (χ1n) is 5.72. The van der Waals surface area contributed by atoms with Crippen molar-refractivity contribution in [2.75, 3.05) is 18.9 Å². The standard InChI is InChI=1S/C12H15NO4S/c1-10-4-2-3-5-11(10)17-8-7-13-12(14)6-9-18(13,15)16/h2-5H,6-9H2,1H3. The minimum Gasteiger partial charge on any atom is -0.491 e. The number of hydrogen-bond acceptors (Lipinski definition) is 4. The Balaban J connectivity index is 1.93. The number of sulfonamides is 1. The number of para-hydroxylation sites is 1. The lowest BCUT2D eigenvalue weighted by Gasteiger charge is -2.15. The van der Waals surface area contributed by atoms with Crippen molar-refractivity contribution in [2.24, 2.45) is 0 Å². The Morgan fingerprint density at radius 1 is 1.33 bits per heavy atom. The lowest BCUT2D eigenvalue weighted by molar-refractivity contribution is -0.125. The van der Waals surface area contributed by atoms with Gasteiger partial charge in [0.05, 0.1) is 12.3 Å². The molecule has 98 valence electrons. The molecule has 2 rings (SSSR count). The van der Waals surface area contributed by atoms with Crippen LogP contribution in [0.3, 0.4) is 0 Å². The molecule has 0 aliphatic carbocycles. The summed E-state index contributed by atoms with van der Waals surface area (Å²) in [6, 6.07) is 7.47. The van der Waals surface area contributed by atoms with Crippen LogP contribution in [0.4, 0.5) is 0 Å². The van der Waals surface area contributed by atoms with Crippen LogP contribution in [0.15, 0.2) is 24.3 Å². The molecule has 1 aliphatic rings. The lowest BCUT2D eigenvalue weighted by Crippen LogP contribution is -2.33. The average Bonchev–Trinajstić information content (AvgIpc) is 2.58. The highest BCUT2D eigenvalue weighted by atomic mass is 32.2. The molecule has 18 heavy (non-hydrogen) atoms. The normalized spacial score (nSPS) is 18.1. The molecule has 0 N–H and O–H groups in total. The van der Waals surface area contributed by atoms with Crippen LogP contribution in [0.2, 0.25) is 0 Å². The predicted octanol–water partition coefficient (Wildman–Crippen LogP) is 0.936. The zero-order chi connectivity index (χ0) is 13.2. The number of hydrogen-bond donors (Lipinski definition) is 0. The summed E-state index contributed by atoms with van der Waals surface area (Å²) in [6.07, 6.45) is 0.0761. The van der Waals surface area contributed by atoms with Gasteiger partial charge < -0.3 is 4.74 Å². The van der Waals surface area contributed by atoms with Crippen molar-refractivity contribution < 1.29 is 17.9 Å². The molecule has 0 unspecified atom stereocenters. The van der Waals surface area contributed by atoms with E-state index in [4.69, 9.17) is 4.74 Å². The van der Waals surface area contributed by atoms with Crippen LogP contribution in [0, 0.1) is 6.92 Å². The Morgan fingerprint density at radius 2 is 2.06 bits per heavy atom. The summed E-state index contributed by atoms with van der Waals surface area (Å²) >= 11 is 0. The average molecular weight is 269 g/mol. The molecule has 0 spiro atoms. The Bertz CT molecular complexity index is 553. The van der Waals surface area contributed by atoms with Gasteiger partial charge in [-0.2, -0.15) is 0 Å². The molecular weight excluding hydrogens is 254 g/mol. The highest BCUT2D eigenvalue weighted by Crippen LogP contribution is 2.18. The Kier molecular flexibility index (Phi) is 3.56. The Morgan fingerprint density at radius 3 is 2.67 bits per heavy atom. The van der Waals surface area contributed by atoms with Crippen LogP contribution in [0.25, 0.3) is 0 Å². The maximum Gasteiger partial charge on any atom is 0.237 e. The van der Waals surface area contributed by atoms with Crippen LogP contribution in [0.5, 0.6) is 5.75 Å². The van der Waals surface area contributed by atoms with Crippen molar-refractivity contribution in [1.29, 1.82) is 0 Å². The van der Waals surface area contributed by atoms with Gasteiger partial charge in [0.1, 0.15) is 12.4 Å².